The Labute approximate surface area is 175 Å². The third-order valence-electron chi connectivity index (χ3n) is 4.86. The van der Waals surface area contributed by atoms with Crippen molar-refractivity contribution in [1.82, 2.24) is 5.32 Å². The normalized spacial score (nSPS) is 12.8. The van der Waals surface area contributed by atoms with Crippen molar-refractivity contribution < 1.29 is 14.6 Å². The smallest absolute Gasteiger partial charge is 0.410 e. The van der Waals surface area contributed by atoms with Gasteiger partial charge in [0.25, 0.3) is 0 Å². The molecule has 0 aliphatic heterocycles. The summed E-state index contributed by atoms with van der Waals surface area (Å²) in [6.45, 7) is 10.1. The highest BCUT2D eigenvalue weighted by Gasteiger charge is 2.31. The SMILES string of the molecule is CCC(O)(c1cccc(OC(=O)Nc2ccc(C(C)C)cc2)c1)C(C)C.CNC. The topological polar surface area (TPSA) is 70.6 Å². The molecule has 5 heteroatoms. The number of carbonyl (C=O) groups is 1. The highest BCUT2D eigenvalue weighted by molar-refractivity contribution is 5.86. The minimum Gasteiger partial charge on any atom is -0.410 e. The van der Waals surface area contributed by atoms with E-state index in [2.05, 4.69) is 24.5 Å². The van der Waals surface area contributed by atoms with Gasteiger partial charge in [0.1, 0.15) is 5.75 Å². The van der Waals surface area contributed by atoms with Crippen LogP contribution in [0.2, 0.25) is 0 Å². The van der Waals surface area contributed by atoms with Gasteiger partial charge in [-0.05, 0) is 67.7 Å². The lowest BCUT2D eigenvalue weighted by molar-refractivity contribution is -0.0141. The van der Waals surface area contributed by atoms with Crippen LogP contribution in [0.25, 0.3) is 0 Å². The molecule has 0 saturated carbocycles. The highest BCUT2D eigenvalue weighted by atomic mass is 16.6. The zero-order valence-corrected chi connectivity index (χ0v) is 18.7. The zero-order chi connectivity index (χ0) is 22.0. The monoisotopic (exact) mass is 400 g/mol. The minimum atomic E-state index is -0.942. The zero-order valence-electron chi connectivity index (χ0n) is 18.7. The average Bonchev–Trinajstić information content (AvgIpc) is 2.68. The molecule has 0 saturated heterocycles. The number of aliphatic hydroxyl groups is 1. The van der Waals surface area contributed by atoms with Gasteiger partial charge in [-0.3, -0.25) is 5.32 Å². The summed E-state index contributed by atoms with van der Waals surface area (Å²) >= 11 is 0. The van der Waals surface area contributed by atoms with Crippen LogP contribution in [0.15, 0.2) is 48.5 Å². The van der Waals surface area contributed by atoms with Gasteiger partial charge >= 0.3 is 6.09 Å². The number of benzene rings is 2. The van der Waals surface area contributed by atoms with E-state index >= 15 is 0 Å². The minimum absolute atomic E-state index is 0.0519. The molecule has 0 spiro atoms. The molecule has 0 aliphatic carbocycles. The Hall–Kier alpha value is -2.37. The molecule has 0 bridgehead atoms. The molecule has 0 fully saturated rings. The van der Waals surface area contributed by atoms with Crippen molar-refractivity contribution in [2.24, 2.45) is 5.92 Å². The van der Waals surface area contributed by atoms with Crippen molar-refractivity contribution in [3.63, 3.8) is 0 Å². The van der Waals surface area contributed by atoms with E-state index in [0.29, 0.717) is 23.8 Å². The number of rotatable bonds is 6. The Balaban J connectivity index is 0.00000132. The molecular weight excluding hydrogens is 364 g/mol. The molecule has 2 aromatic carbocycles. The van der Waals surface area contributed by atoms with Gasteiger partial charge in [-0.15, -0.1) is 0 Å². The fourth-order valence-electron chi connectivity index (χ4n) is 2.98. The van der Waals surface area contributed by atoms with Crippen LogP contribution in [0, 0.1) is 5.92 Å². The number of carbonyl (C=O) groups excluding carboxylic acids is 1. The maximum atomic E-state index is 12.2. The third kappa shape index (κ3) is 7.18. The summed E-state index contributed by atoms with van der Waals surface area (Å²) in [4.78, 5) is 12.2. The molecule has 1 amide bonds. The number of hydrogen-bond donors (Lipinski definition) is 3. The van der Waals surface area contributed by atoms with Crippen LogP contribution in [-0.4, -0.2) is 25.3 Å². The Morgan fingerprint density at radius 3 is 2.14 bits per heavy atom. The predicted molar refractivity (Wildman–Crippen MR) is 121 cm³/mol. The maximum Gasteiger partial charge on any atom is 0.417 e. The van der Waals surface area contributed by atoms with E-state index in [1.54, 1.807) is 18.2 Å². The maximum absolute atomic E-state index is 12.2. The Morgan fingerprint density at radius 1 is 1.07 bits per heavy atom. The molecule has 1 atom stereocenters. The molecule has 29 heavy (non-hydrogen) atoms. The molecular formula is C24H36N2O3. The number of anilines is 1. The third-order valence-corrected chi connectivity index (χ3v) is 4.86. The average molecular weight is 401 g/mol. The number of hydrogen-bond acceptors (Lipinski definition) is 4. The van der Waals surface area contributed by atoms with Crippen molar-refractivity contribution in [1.29, 1.82) is 0 Å². The van der Waals surface area contributed by atoms with Crippen LogP contribution in [0.4, 0.5) is 10.5 Å². The molecule has 5 nitrogen and oxygen atoms in total. The van der Waals surface area contributed by atoms with Crippen LogP contribution in [0.5, 0.6) is 5.75 Å². The van der Waals surface area contributed by atoms with E-state index in [0.717, 1.165) is 5.56 Å². The second-order valence-corrected chi connectivity index (χ2v) is 7.75. The lowest BCUT2D eigenvalue weighted by atomic mass is 9.81. The molecule has 0 aliphatic rings. The second kappa shape index (κ2) is 11.6. The number of amides is 1. The predicted octanol–water partition coefficient (Wildman–Crippen LogP) is 5.51. The summed E-state index contributed by atoms with van der Waals surface area (Å²) in [6, 6.07) is 14.8. The van der Waals surface area contributed by atoms with Crippen LogP contribution in [0.1, 0.15) is 58.1 Å². The van der Waals surface area contributed by atoms with E-state index in [1.807, 2.05) is 65.2 Å². The summed E-state index contributed by atoms with van der Waals surface area (Å²) in [5.41, 5.74) is 1.70. The molecule has 2 rings (SSSR count). The summed E-state index contributed by atoms with van der Waals surface area (Å²) in [5, 5.41) is 16.4. The highest BCUT2D eigenvalue weighted by Crippen LogP contribution is 2.34. The van der Waals surface area contributed by atoms with E-state index in [-0.39, 0.29) is 5.92 Å². The first-order valence-electron chi connectivity index (χ1n) is 10.2. The van der Waals surface area contributed by atoms with Gasteiger partial charge in [0, 0.05) is 5.69 Å². The first-order chi connectivity index (χ1) is 13.7. The molecule has 160 valence electrons. The molecule has 1 unspecified atom stereocenters. The summed E-state index contributed by atoms with van der Waals surface area (Å²) in [5.74, 6) is 0.902. The van der Waals surface area contributed by atoms with Gasteiger partial charge in [0.05, 0.1) is 5.60 Å². The van der Waals surface area contributed by atoms with Crippen molar-refractivity contribution in [3.8, 4) is 5.75 Å². The van der Waals surface area contributed by atoms with Crippen molar-refractivity contribution in [2.75, 3.05) is 19.4 Å². The van der Waals surface area contributed by atoms with E-state index in [9.17, 15) is 9.90 Å². The van der Waals surface area contributed by atoms with Gasteiger partial charge in [-0.25, -0.2) is 4.79 Å². The van der Waals surface area contributed by atoms with E-state index in [4.69, 9.17) is 4.74 Å². The second-order valence-electron chi connectivity index (χ2n) is 7.75. The van der Waals surface area contributed by atoms with Gasteiger partial charge in [-0.2, -0.15) is 0 Å². The lowest BCUT2D eigenvalue weighted by Gasteiger charge is -2.31. The van der Waals surface area contributed by atoms with Gasteiger partial charge in [-0.1, -0.05) is 58.9 Å². The Kier molecular flexibility index (Phi) is 9.86. The fourth-order valence-corrected chi connectivity index (χ4v) is 2.98. The number of nitrogens with one attached hydrogen (secondary N) is 2. The van der Waals surface area contributed by atoms with Crippen molar-refractivity contribution in [3.05, 3.63) is 59.7 Å². The van der Waals surface area contributed by atoms with Crippen LogP contribution < -0.4 is 15.4 Å². The van der Waals surface area contributed by atoms with E-state index in [1.165, 1.54) is 5.56 Å². The molecule has 0 heterocycles. The van der Waals surface area contributed by atoms with Crippen LogP contribution in [-0.2, 0) is 5.60 Å². The largest absolute Gasteiger partial charge is 0.417 e. The lowest BCUT2D eigenvalue weighted by Crippen LogP contribution is -2.31. The summed E-state index contributed by atoms with van der Waals surface area (Å²) in [7, 11) is 3.75. The summed E-state index contributed by atoms with van der Waals surface area (Å²) in [6.07, 6.45) is 0.0340. The summed E-state index contributed by atoms with van der Waals surface area (Å²) < 4.78 is 5.39. The Morgan fingerprint density at radius 2 is 1.66 bits per heavy atom. The standard InChI is InChI=1S/C22H29NO3.C2H7N/c1-6-22(25,16(4)5)18-8-7-9-20(14-18)26-21(24)23-19-12-10-17(11-13-19)15(2)3;1-3-2/h7-16,25H,6H2,1-5H3,(H,23,24);3H,1-2H3. The van der Waals surface area contributed by atoms with Crippen LogP contribution >= 0.6 is 0 Å². The fraction of sp³-hybridized carbons (Fsp3) is 0.458. The molecule has 0 aromatic heterocycles. The molecule has 2 aromatic rings. The Bertz CT molecular complexity index is 757. The molecule has 3 N–H and O–H groups in total. The first kappa shape index (κ1) is 24.7. The quantitative estimate of drug-likeness (QED) is 0.598. The van der Waals surface area contributed by atoms with Gasteiger partial charge < -0.3 is 15.2 Å². The van der Waals surface area contributed by atoms with E-state index < -0.39 is 11.7 Å². The number of ether oxygens (including phenoxy) is 1. The molecule has 0 radical (unpaired) electrons. The van der Waals surface area contributed by atoms with Gasteiger partial charge in [0.2, 0.25) is 0 Å². The van der Waals surface area contributed by atoms with Gasteiger partial charge in [0.15, 0.2) is 0 Å². The van der Waals surface area contributed by atoms with Crippen LogP contribution in [0.3, 0.4) is 0 Å². The van der Waals surface area contributed by atoms with Crippen molar-refractivity contribution in [2.45, 2.75) is 52.6 Å². The first-order valence-corrected chi connectivity index (χ1v) is 10.2. The van der Waals surface area contributed by atoms with Crippen molar-refractivity contribution >= 4 is 11.8 Å².